The molecule has 1 spiro atoms. The Balaban J connectivity index is 1.10. The fraction of sp³-hybridized carbons (Fsp3) is 0.192. The third-order valence-electron chi connectivity index (χ3n) is 14.3. The molecule has 4 saturated carbocycles. The molecule has 264 valence electrons. The fourth-order valence-corrected chi connectivity index (χ4v) is 13.7. The molecule has 7 aromatic carbocycles. The summed E-state index contributed by atoms with van der Waals surface area (Å²) < 4.78 is 5.12. The van der Waals surface area contributed by atoms with Gasteiger partial charge in [-0.15, -0.1) is 11.3 Å². The molecule has 5 aliphatic carbocycles. The van der Waals surface area contributed by atoms with Gasteiger partial charge in [0.1, 0.15) is 0 Å². The van der Waals surface area contributed by atoms with Gasteiger partial charge in [0.2, 0.25) is 0 Å². The monoisotopic (exact) mass is 724 g/mol. The minimum absolute atomic E-state index is 0.111. The summed E-state index contributed by atoms with van der Waals surface area (Å²) >= 11 is 1.91. The van der Waals surface area contributed by atoms with E-state index in [0.29, 0.717) is 0 Å². The molecule has 2 aromatic heterocycles. The van der Waals surface area contributed by atoms with Gasteiger partial charge in [0, 0.05) is 59.0 Å². The lowest BCUT2D eigenvalue weighted by atomic mass is 9.43. The Morgan fingerprint density at radius 2 is 1.13 bits per heavy atom. The molecule has 0 unspecified atom stereocenters. The van der Waals surface area contributed by atoms with Crippen molar-refractivity contribution >= 4 is 70.4 Å². The molecule has 5 aliphatic rings. The third kappa shape index (κ3) is 4.09. The number of benzene rings is 7. The topological polar surface area (TPSA) is 8.17 Å². The van der Waals surface area contributed by atoms with E-state index in [4.69, 9.17) is 0 Å². The Hall–Kier alpha value is -5.64. The summed E-state index contributed by atoms with van der Waals surface area (Å²) in [6.45, 7) is 0. The van der Waals surface area contributed by atoms with Crippen molar-refractivity contribution in [3.05, 3.63) is 169 Å². The van der Waals surface area contributed by atoms with Crippen molar-refractivity contribution in [1.29, 1.82) is 0 Å². The number of hydrogen-bond acceptors (Lipinski definition) is 2. The number of rotatable bonds is 4. The Kier molecular flexibility index (Phi) is 6.25. The van der Waals surface area contributed by atoms with Gasteiger partial charge in [-0.3, -0.25) is 0 Å². The van der Waals surface area contributed by atoms with Crippen LogP contribution in [0, 0.1) is 23.7 Å². The van der Waals surface area contributed by atoms with E-state index in [2.05, 4.69) is 167 Å². The molecule has 0 saturated heterocycles. The number of para-hydroxylation sites is 2. The first-order chi connectivity index (χ1) is 27.2. The maximum Gasteiger partial charge on any atom is 0.0561 e. The SMILES string of the molecule is c1ccc(-n2c3ccccc3c3ccc(N(c4ccc5c(c4)sc4ccccc45)c4cccc5c4-c4ccccc4C54C5CC6CC(C5)CC4C6)cc32)cc1. The van der Waals surface area contributed by atoms with Gasteiger partial charge in [-0.2, -0.15) is 0 Å². The number of nitrogens with zero attached hydrogens (tertiary/aromatic N) is 2. The quantitative estimate of drug-likeness (QED) is 0.175. The van der Waals surface area contributed by atoms with E-state index in [-0.39, 0.29) is 5.41 Å². The summed E-state index contributed by atoms with van der Waals surface area (Å²) in [7, 11) is 0. The van der Waals surface area contributed by atoms with E-state index in [0.717, 1.165) is 23.7 Å². The van der Waals surface area contributed by atoms with Crippen LogP contribution in [0.5, 0.6) is 0 Å². The van der Waals surface area contributed by atoms with E-state index in [1.54, 1.807) is 11.1 Å². The van der Waals surface area contributed by atoms with E-state index in [1.807, 2.05) is 11.3 Å². The van der Waals surface area contributed by atoms with Gasteiger partial charge in [0.25, 0.3) is 0 Å². The van der Waals surface area contributed by atoms with E-state index in [9.17, 15) is 0 Å². The molecule has 2 heterocycles. The van der Waals surface area contributed by atoms with Crippen LogP contribution < -0.4 is 4.90 Å². The van der Waals surface area contributed by atoms with E-state index >= 15 is 0 Å². The molecule has 0 aliphatic heterocycles. The van der Waals surface area contributed by atoms with Gasteiger partial charge in [-0.25, -0.2) is 0 Å². The minimum atomic E-state index is 0.111. The lowest BCUT2D eigenvalue weighted by Crippen LogP contribution is -2.55. The minimum Gasteiger partial charge on any atom is -0.310 e. The molecular weight excluding hydrogens is 685 g/mol. The average Bonchev–Trinajstić information content (AvgIpc) is 3.86. The first-order valence-electron chi connectivity index (χ1n) is 20.3. The third-order valence-corrected chi connectivity index (χ3v) is 15.5. The number of fused-ring (bicyclic) bond motifs is 9. The van der Waals surface area contributed by atoms with Crippen molar-refractivity contribution in [2.45, 2.75) is 37.5 Å². The van der Waals surface area contributed by atoms with Crippen LogP contribution in [0.3, 0.4) is 0 Å². The van der Waals surface area contributed by atoms with E-state index < -0.39 is 0 Å². The average molecular weight is 725 g/mol. The summed E-state index contributed by atoms with van der Waals surface area (Å²) in [5, 5.41) is 5.23. The number of hydrogen-bond donors (Lipinski definition) is 0. The van der Waals surface area contributed by atoms with Crippen LogP contribution >= 0.6 is 11.3 Å². The Morgan fingerprint density at radius 3 is 1.96 bits per heavy atom. The fourth-order valence-electron chi connectivity index (χ4n) is 12.6. The first kappa shape index (κ1) is 30.7. The Labute approximate surface area is 325 Å². The highest BCUT2D eigenvalue weighted by Gasteiger charge is 2.61. The molecular formula is C52H40N2S. The van der Waals surface area contributed by atoms with Crippen LogP contribution in [0.15, 0.2) is 158 Å². The van der Waals surface area contributed by atoms with Crippen molar-refractivity contribution in [2.75, 3.05) is 4.90 Å². The second-order valence-corrected chi connectivity index (χ2v) is 18.0. The zero-order valence-corrected chi connectivity index (χ0v) is 31.5. The maximum atomic E-state index is 2.60. The van der Waals surface area contributed by atoms with Gasteiger partial charge >= 0.3 is 0 Å². The molecule has 14 rings (SSSR count). The first-order valence-corrected chi connectivity index (χ1v) is 21.1. The molecule has 9 aromatic rings. The van der Waals surface area contributed by atoms with Crippen molar-refractivity contribution in [1.82, 2.24) is 4.57 Å². The predicted molar refractivity (Wildman–Crippen MR) is 232 cm³/mol. The molecule has 0 N–H and O–H groups in total. The normalized spacial score (nSPS) is 23.3. The number of thiophene rings is 1. The molecule has 4 fully saturated rings. The summed E-state index contributed by atoms with van der Waals surface area (Å²) in [6, 6.07) is 59.9. The summed E-state index contributed by atoms with van der Waals surface area (Å²) in [6.07, 6.45) is 7.01. The summed E-state index contributed by atoms with van der Waals surface area (Å²) in [5.41, 5.74) is 13.5. The standard InChI is InChI=1S/C52H40N2S/c1-2-11-36(12-3-1)54-46-18-8-5-13-39(46)40-23-21-37(30-48(40)54)53(38-22-24-42-41-14-6-9-20-49(41)55-50(42)31-38)47-19-10-17-45-51(47)43-15-4-7-16-44(43)52(45)34-26-32-25-33(28-34)29-35(52)27-32/h1-24,30-35H,25-29H2. The molecule has 3 heteroatoms. The molecule has 4 bridgehead atoms. The second-order valence-electron chi connectivity index (χ2n) is 16.9. The molecule has 0 radical (unpaired) electrons. The molecule has 0 amide bonds. The van der Waals surface area contributed by atoms with Crippen molar-refractivity contribution in [3.8, 4) is 16.8 Å². The highest BCUT2D eigenvalue weighted by atomic mass is 32.1. The highest BCUT2D eigenvalue weighted by Crippen LogP contribution is 2.70. The molecule has 55 heavy (non-hydrogen) atoms. The molecule has 2 nitrogen and oxygen atoms in total. The zero-order chi connectivity index (χ0) is 35.8. The summed E-state index contributed by atoms with van der Waals surface area (Å²) in [5.74, 6) is 3.28. The van der Waals surface area contributed by atoms with Gasteiger partial charge in [-0.1, -0.05) is 103 Å². The van der Waals surface area contributed by atoms with Crippen molar-refractivity contribution in [3.63, 3.8) is 0 Å². The lowest BCUT2D eigenvalue weighted by molar-refractivity contribution is -0.0399. The number of anilines is 3. The smallest absolute Gasteiger partial charge is 0.0561 e. The van der Waals surface area contributed by atoms with Gasteiger partial charge < -0.3 is 9.47 Å². The van der Waals surface area contributed by atoms with Crippen molar-refractivity contribution in [2.24, 2.45) is 23.7 Å². The molecule has 0 atom stereocenters. The van der Waals surface area contributed by atoms with Crippen LogP contribution in [-0.2, 0) is 5.41 Å². The van der Waals surface area contributed by atoms with E-state index in [1.165, 1.54) is 108 Å². The largest absolute Gasteiger partial charge is 0.310 e. The van der Waals surface area contributed by atoms with Crippen LogP contribution in [0.4, 0.5) is 17.1 Å². The van der Waals surface area contributed by atoms with Crippen LogP contribution in [0.2, 0.25) is 0 Å². The second kappa shape index (κ2) is 11.2. The lowest BCUT2D eigenvalue weighted by Gasteiger charge is -2.61. The van der Waals surface area contributed by atoms with Crippen molar-refractivity contribution < 1.29 is 0 Å². The van der Waals surface area contributed by atoms with Crippen LogP contribution in [0.25, 0.3) is 58.8 Å². The summed E-state index contributed by atoms with van der Waals surface area (Å²) in [4.78, 5) is 2.60. The van der Waals surface area contributed by atoms with Gasteiger partial charge in [0.05, 0.1) is 16.7 Å². The Morgan fingerprint density at radius 1 is 0.491 bits per heavy atom. The Bertz CT molecular complexity index is 2990. The van der Waals surface area contributed by atoms with Crippen LogP contribution in [-0.4, -0.2) is 4.57 Å². The number of aromatic nitrogens is 1. The highest BCUT2D eigenvalue weighted by molar-refractivity contribution is 7.25. The zero-order valence-electron chi connectivity index (χ0n) is 30.7. The van der Waals surface area contributed by atoms with Gasteiger partial charge in [0.15, 0.2) is 0 Å². The predicted octanol–water partition coefficient (Wildman–Crippen LogP) is 14.3. The maximum absolute atomic E-state index is 2.60. The van der Waals surface area contributed by atoms with Gasteiger partial charge in [-0.05, 0) is 127 Å². The van der Waals surface area contributed by atoms with Crippen LogP contribution in [0.1, 0.15) is 43.2 Å².